The normalized spacial score (nSPS) is 10.8. The lowest BCUT2D eigenvalue weighted by Gasteiger charge is -2.04. The number of aryl methyl sites for hydroxylation is 4. The summed E-state index contributed by atoms with van der Waals surface area (Å²) in [6.45, 7) is 7.61. The van der Waals surface area contributed by atoms with E-state index >= 15 is 0 Å². The van der Waals surface area contributed by atoms with Gasteiger partial charge in [-0.15, -0.1) is 0 Å². The lowest BCUT2D eigenvalue weighted by atomic mass is 10.3. The van der Waals surface area contributed by atoms with Gasteiger partial charge < -0.3 is 0 Å². The average molecular weight is 232 g/mol. The van der Waals surface area contributed by atoms with Crippen molar-refractivity contribution in [2.75, 3.05) is 0 Å². The Labute approximate surface area is 100 Å². The van der Waals surface area contributed by atoms with Gasteiger partial charge in [-0.25, -0.2) is 4.79 Å². The van der Waals surface area contributed by atoms with Crippen LogP contribution in [0.5, 0.6) is 0 Å². The van der Waals surface area contributed by atoms with E-state index in [0.29, 0.717) is 0 Å². The molecule has 0 aromatic carbocycles. The van der Waals surface area contributed by atoms with Gasteiger partial charge in [-0.1, -0.05) is 6.92 Å². The summed E-state index contributed by atoms with van der Waals surface area (Å²) in [5, 5.41) is 8.43. The van der Waals surface area contributed by atoms with E-state index in [-0.39, 0.29) is 6.03 Å². The second-order valence-corrected chi connectivity index (χ2v) is 4.16. The number of carbonyl (C=O) groups excluding carboxylic acids is 1. The molecule has 0 fully saturated rings. The van der Waals surface area contributed by atoms with Crippen LogP contribution in [-0.2, 0) is 6.42 Å². The van der Waals surface area contributed by atoms with Gasteiger partial charge in [0.05, 0.1) is 11.4 Å². The third-order valence-corrected chi connectivity index (χ3v) is 2.67. The zero-order valence-electron chi connectivity index (χ0n) is 10.6. The van der Waals surface area contributed by atoms with Crippen LogP contribution >= 0.6 is 0 Å². The Kier molecular flexibility index (Phi) is 2.83. The smallest absolute Gasteiger partial charge is 0.244 e. The molecule has 2 aromatic heterocycles. The maximum absolute atomic E-state index is 12.2. The van der Waals surface area contributed by atoms with Gasteiger partial charge in [-0.05, 0) is 39.3 Å². The van der Waals surface area contributed by atoms with Gasteiger partial charge in [0.2, 0.25) is 0 Å². The van der Waals surface area contributed by atoms with Crippen LogP contribution in [0.15, 0.2) is 12.1 Å². The number of aromatic nitrogens is 4. The van der Waals surface area contributed by atoms with E-state index in [4.69, 9.17) is 0 Å². The van der Waals surface area contributed by atoms with Gasteiger partial charge in [0.15, 0.2) is 0 Å². The SMILES string of the molecule is CCc1cc(C)n(C(=O)n2nc(C)cc2C)n1. The fraction of sp³-hybridized carbons (Fsp3) is 0.417. The zero-order valence-corrected chi connectivity index (χ0v) is 10.6. The lowest BCUT2D eigenvalue weighted by Crippen LogP contribution is -2.24. The molecule has 0 radical (unpaired) electrons. The van der Waals surface area contributed by atoms with Crippen LogP contribution in [0.25, 0.3) is 0 Å². The van der Waals surface area contributed by atoms with Crippen molar-refractivity contribution >= 4 is 6.03 Å². The Morgan fingerprint density at radius 3 is 2.18 bits per heavy atom. The first-order valence-electron chi connectivity index (χ1n) is 5.66. The monoisotopic (exact) mass is 232 g/mol. The average Bonchev–Trinajstić information content (AvgIpc) is 2.81. The first-order chi connectivity index (χ1) is 8.02. The molecule has 0 aliphatic rings. The molecule has 0 atom stereocenters. The van der Waals surface area contributed by atoms with Crippen molar-refractivity contribution in [1.82, 2.24) is 19.6 Å². The van der Waals surface area contributed by atoms with Gasteiger partial charge in [-0.3, -0.25) is 0 Å². The molecular formula is C12H16N4O. The Hall–Kier alpha value is -1.91. The molecule has 5 heteroatoms. The Morgan fingerprint density at radius 2 is 1.71 bits per heavy atom. The van der Waals surface area contributed by atoms with Crippen molar-refractivity contribution in [1.29, 1.82) is 0 Å². The molecule has 0 amide bonds. The minimum absolute atomic E-state index is 0.229. The Balaban J connectivity index is 2.43. The lowest BCUT2D eigenvalue weighted by molar-refractivity contribution is 0.237. The molecule has 0 N–H and O–H groups in total. The van der Waals surface area contributed by atoms with Crippen molar-refractivity contribution in [3.8, 4) is 0 Å². The maximum atomic E-state index is 12.2. The predicted octanol–water partition coefficient (Wildman–Crippen LogP) is 2.08. The predicted molar refractivity (Wildman–Crippen MR) is 64.2 cm³/mol. The maximum Gasteiger partial charge on any atom is 0.369 e. The van der Waals surface area contributed by atoms with Gasteiger partial charge in [-0.2, -0.15) is 19.6 Å². The molecule has 0 aliphatic carbocycles. The summed E-state index contributed by atoms with van der Waals surface area (Å²) >= 11 is 0. The molecule has 0 saturated heterocycles. The van der Waals surface area contributed by atoms with Crippen LogP contribution in [0.2, 0.25) is 0 Å². The van der Waals surface area contributed by atoms with E-state index in [1.165, 1.54) is 9.36 Å². The van der Waals surface area contributed by atoms with E-state index < -0.39 is 0 Å². The molecule has 5 nitrogen and oxygen atoms in total. The molecule has 0 spiro atoms. The Morgan fingerprint density at radius 1 is 1.12 bits per heavy atom. The van der Waals surface area contributed by atoms with Crippen LogP contribution < -0.4 is 0 Å². The molecule has 0 bridgehead atoms. The first kappa shape index (κ1) is 11.6. The summed E-state index contributed by atoms with van der Waals surface area (Å²) in [4.78, 5) is 12.2. The number of rotatable bonds is 1. The van der Waals surface area contributed by atoms with Crippen molar-refractivity contribution < 1.29 is 4.79 Å². The number of hydrogen-bond acceptors (Lipinski definition) is 3. The summed E-state index contributed by atoms with van der Waals surface area (Å²) in [6, 6.07) is 3.56. The van der Waals surface area contributed by atoms with Crippen LogP contribution in [0, 0.1) is 20.8 Å². The standard InChI is InChI=1S/C12H16N4O/c1-5-11-7-10(4)16(14-11)12(17)15-9(3)6-8(2)13-15/h6-7H,5H2,1-4H3. The molecule has 0 saturated carbocycles. The molecule has 2 heterocycles. The summed E-state index contributed by atoms with van der Waals surface area (Å²) in [5.41, 5.74) is 3.40. The first-order valence-corrected chi connectivity index (χ1v) is 5.66. The third-order valence-electron chi connectivity index (χ3n) is 2.67. The number of carbonyl (C=O) groups is 1. The largest absolute Gasteiger partial charge is 0.369 e. The van der Waals surface area contributed by atoms with E-state index in [1.807, 2.05) is 39.8 Å². The van der Waals surface area contributed by atoms with Crippen LogP contribution in [-0.4, -0.2) is 25.6 Å². The minimum Gasteiger partial charge on any atom is -0.244 e. The van der Waals surface area contributed by atoms with Crippen LogP contribution in [0.1, 0.15) is 29.7 Å². The molecule has 90 valence electrons. The van der Waals surface area contributed by atoms with Crippen LogP contribution in [0.3, 0.4) is 0 Å². The van der Waals surface area contributed by atoms with Crippen molar-refractivity contribution in [3.05, 3.63) is 34.9 Å². The second kappa shape index (κ2) is 4.16. The quantitative estimate of drug-likeness (QED) is 0.756. The van der Waals surface area contributed by atoms with Gasteiger partial charge >= 0.3 is 6.03 Å². The second-order valence-electron chi connectivity index (χ2n) is 4.16. The fourth-order valence-electron chi connectivity index (χ4n) is 1.82. The highest BCUT2D eigenvalue weighted by Crippen LogP contribution is 2.07. The van der Waals surface area contributed by atoms with E-state index in [1.54, 1.807) is 0 Å². The van der Waals surface area contributed by atoms with E-state index in [9.17, 15) is 4.79 Å². The van der Waals surface area contributed by atoms with Crippen molar-refractivity contribution in [2.24, 2.45) is 0 Å². The number of nitrogens with zero attached hydrogens (tertiary/aromatic N) is 4. The summed E-state index contributed by atoms with van der Waals surface area (Å²) < 4.78 is 2.78. The molecule has 0 aliphatic heterocycles. The molecular weight excluding hydrogens is 216 g/mol. The van der Waals surface area contributed by atoms with Gasteiger partial charge in [0.1, 0.15) is 0 Å². The van der Waals surface area contributed by atoms with Gasteiger partial charge in [0.25, 0.3) is 0 Å². The molecule has 0 unspecified atom stereocenters. The van der Waals surface area contributed by atoms with E-state index in [0.717, 1.165) is 29.2 Å². The summed E-state index contributed by atoms with van der Waals surface area (Å²) in [7, 11) is 0. The van der Waals surface area contributed by atoms with Crippen LogP contribution in [0.4, 0.5) is 4.79 Å². The molecule has 2 aromatic rings. The minimum atomic E-state index is -0.229. The Bertz CT molecular complexity index is 565. The highest BCUT2D eigenvalue weighted by atomic mass is 16.2. The molecule has 2 rings (SSSR count). The van der Waals surface area contributed by atoms with Gasteiger partial charge in [0, 0.05) is 11.4 Å². The third kappa shape index (κ3) is 2.00. The summed E-state index contributed by atoms with van der Waals surface area (Å²) in [6.07, 6.45) is 0.818. The highest BCUT2D eigenvalue weighted by molar-refractivity contribution is 5.79. The zero-order chi connectivity index (χ0) is 12.6. The fourth-order valence-corrected chi connectivity index (χ4v) is 1.82. The molecule has 17 heavy (non-hydrogen) atoms. The highest BCUT2D eigenvalue weighted by Gasteiger charge is 2.15. The number of hydrogen-bond donors (Lipinski definition) is 0. The topological polar surface area (TPSA) is 52.7 Å². The van der Waals surface area contributed by atoms with Crippen molar-refractivity contribution in [3.63, 3.8) is 0 Å². The van der Waals surface area contributed by atoms with E-state index in [2.05, 4.69) is 10.2 Å². The van der Waals surface area contributed by atoms with Crippen molar-refractivity contribution in [2.45, 2.75) is 34.1 Å². The summed E-state index contributed by atoms with van der Waals surface area (Å²) in [5.74, 6) is 0.